The van der Waals surface area contributed by atoms with Crippen LogP contribution in [0.15, 0.2) is 65.6 Å². The van der Waals surface area contributed by atoms with E-state index in [4.69, 9.17) is 4.74 Å². The Morgan fingerprint density at radius 2 is 1.76 bits per heavy atom. The summed E-state index contributed by atoms with van der Waals surface area (Å²) in [5.41, 5.74) is 2.00. The zero-order valence-electron chi connectivity index (χ0n) is 14.7. The van der Waals surface area contributed by atoms with Gasteiger partial charge in [0.05, 0.1) is 4.90 Å². The minimum Gasteiger partial charge on any atom is -0.345 e. The summed E-state index contributed by atoms with van der Waals surface area (Å²) in [6.07, 6.45) is 6.01. The first-order valence-corrected chi connectivity index (χ1v) is 10.2. The summed E-state index contributed by atoms with van der Waals surface area (Å²) in [5, 5.41) is 0. The van der Waals surface area contributed by atoms with Gasteiger partial charge in [0, 0.05) is 0 Å². The maximum Gasteiger partial charge on any atom is 0.218 e. The maximum absolute atomic E-state index is 13.2. The lowest BCUT2D eigenvalue weighted by molar-refractivity contribution is 0.358. The predicted molar refractivity (Wildman–Crippen MR) is 101 cm³/mol. The molecule has 1 aliphatic rings. The van der Waals surface area contributed by atoms with Crippen molar-refractivity contribution in [1.29, 1.82) is 0 Å². The molecule has 1 heterocycles. The lowest BCUT2D eigenvalue weighted by Crippen LogP contribution is -2.25. The molecule has 25 heavy (non-hydrogen) atoms. The second-order valence-electron chi connectivity index (χ2n) is 6.53. The van der Waals surface area contributed by atoms with E-state index in [9.17, 15) is 8.42 Å². The number of hydrogen-bond acceptors (Lipinski definition) is 3. The first kappa shape index (κ1) is 17.9. The molecular weight excluding hydrogens is 332 g/mol. The van der Waals surface area contributed by atoms with Crippen molar-refractivity contribution in [2.24, 2.45) is 0 Å². The number of unbranched alkanes of at least 4 members (excludes halogenated alkanes) is 1. The summed E-state index contributed by atoms with van der Waals surface area (Å²) < 4.78 is 32.3. The van der Waals surface area contributed by atoms with Crippen LogP contribution in [0.1, 0.15) is 37.3 Å². The van der Waals surface area contributed by atoms with Gasteiger partial charge in [0.25, 0.3) is 0 Å². The molecule has 3 rings (SSSR count). The molecule has 3 nitrogen and oxygen atoms in total. The van der Waals surface area contributed by atoms with Crippen molar-refractivity contribution in [1.82, 2.24) is 0 Å². The van der Waals surface area contributed by atoms with Crippen LogP contribution in [-0.4, -0.2) is 19.5 Å². The highest BCUT2D eigenvalue weighted by molar-refractivity contribution is 7.93. The molecule has 2 atom stereocenters. The maximum atomic E-state index is 13.2. The predicted octanol–water partition coefficient (Wildman–Crippen LogP) is 4.77. The lowest BCUT2D eigenvalue weighted by atomic mass is 10.1. The first-order valence-electron chi connectivity index (χ1n) is 8.73. The van der Waals surface area contributed by atoms with Crippen LogP contribution in [0.2, 0.25) is 0 Å². The molecule has 0 amide bonds. The van der Waals surface area contributed by atoms with E-state index in [0.717, 1.165) is 30.4 Å². The van der Waals surface area contributed by atoms with E-state index in [-0.39, 0.29) is 6.10 Å². The number of hydrogen-bond donors (Lipinski definition) is 0. The summed E-state index contributed by atoms with van der Waals surface area (Å²) in [5.74, 6) is 0. The highest BCUT2D eigenvalue weighted by Crippen LogP contribution is 2.49. The quantitative estimate of drug-likeness (QED) is 0.672. The second kappa shape index (κ2) is 7.14. The Hall–Kier alpha value is -1.91. The second-order valence-corrected chi connectivity index (χ2v) is 8.65. The normalized spacial score (nSPS) is 23.0. The molecule has 0 bridgehead atoms. The fourth-order valence-electron chi connectivity index (χ4n) is 2.99. The number of ether oxygens (including phenoxy) is 1. The Balaban J connectivity index is 1.95. The van der Waals surface area contributed by atoms with Crippen molar-refractivity contribution in [2.45, 2.75) is 49.0 Å². The third-order valence-corrected chi connectivity index (χ3v) is 6.82. The van der Waals surface area contributed by atoms with Crippen LogP contribution in [0.5, 0.6) is 0 Å². The van der Waals surface area contributed by atoms with Crippen LogP contribution >= 0.6 is 0 Å². The molecule has 1 saturated heterocycles. The molecule has 0 aromatic heterocycles. The fraction of sp³-hybridized carbons (Fsp3) is 0.333. The van der Waals surface area contributed by atoms with E-state index >= 15 is 0 Å². The summed E-state index contributed by atoms with van der Waals surface area (Å²) in [6, 6.07) is 16.7. The molecule has 0 saturated carbocycles. The monoisotopic (exact) mass is 356 g/mol. The zero-order chi connectivity index (χ0) is 17.9. The molecule has 132 valence electrons. The minimum absolute atomic E-state index is 0.279. The standard InChI is InChI=1S/C21H24O3S/c1-3-4-10-20-21(24-20,16-15-18-8-6-5-7-9-18)25(22,23)19-13-11-17(2)12-14-19/h5-9,11-16,20H,3-4,10H2,1-2H3/b16-15+/t20-,21-/m1/s1. The smallest absolute Gasteiger partial charge is 0.218 e. The number of benzene rings is 2. The van der Waals surface area contributed by atoms with E-state index in [2.05, 4.69) is 6.92 Å². The number of rotatable bonds is 7. The van der Waals surface area contributed by atoms with Crippen LogP contribution in [0, 0.1) is 6.92 Å². The van der Waals surface area contributed by atoms with Crippen LogP contribution in [-0.2, 0) is 14.6 Å². The molecule has 0 spiro atoms. The van der Waals surface area contributed by atoms with Crippen LogP contribution in [0.25, 0.3) is 6.08 Å². The van der Waals surface area contributed by atoms with Crippen LogP contribution < -0.4 is 0 Å². The molecule has 0 unspecified atom stereocenters. The van der Waals surface area contributed by atoms with Gasteiger partial charge in [0.1, 0.15) is 6.10 Å². The number of epoxide rings is 1. The lowest BCUT2D eigenvalue weighted by Gasteiger charge is -2.11. The Morgan fingerprint density at radius 3 is 2.40 bits per heavy atom. The van der Waals surface area contributed by atoms with Gasteiger partial charge in [0.2, 0.25) is 14.8 Å². The largest absolute Gasteiger partial charge is 0.345 e. The Bertz CT molecular complexity index is 838. The van der Waals surface area contributed by atoms with Gasteiger partial charge in [-0.25, -0.2) is 8.42 Å². The van der Waals surface area contributed by atoms with E-state index in [1.54, 1.807) is 18.2 Å². The van der Waals surface area contributed by atoms with Gasteiger partial charge in [-0.05, 0) is 37.1 Å². The van der Waals surface area contributed by atoms with Crippen molar-refractivity contribution >= 4 is 15.9 Å². The highest BCUT2D eigenvalue weighted by Gasteiger charge is 2.64. The minimum atomic E-state index is -3.60. The Morgan fingerprint density at radius 1 is 1.08 bits per heavy atom. The van der Waals surface area contributed by atoms with Crippen LogP contribution in [0.3, 0.4) is 0 Å². The Labute approximate surface area is 150 Å². The summed E-state index contributed by atoms with van der Waals surface area (Å²) >= 11 is 0. The summed E-state index contributed by atoms with van der Waals surface area (Å²) in [7, 11) is -3.60. The molecule has 1 fully saturated rings. The van der Waals surface area contributed by atoms with Gasteiger partial charge < -0.3 is 4.74 Å². The van der Waals surface area contributed by atoms with Crippen molar-refractivity contribution in [2.75, 3.05) is 0 Å². The van der Waals surface area contributed by atoms with Crippen molar-refractivity contribution < 1.29 is 13.2 Å². The number of aryl methyl sites for hydroxylation is 1. The SMILES string of the molecule is CCCC[C@H]1O[C@]1(/C=C/c1ccccc1)S(=O)(=O)c1ccc(C)cc1. The van der Waals surface area contributed by atoms with Gasteiger partial charge in [-0.1, -0.05) is 73.9 Å². The fourth-order valence-corrected chi connectivity index (χ4v) is 4.81. The topological polar surface area (TPSA) is 46.7 Å². The molecule has 2 aromatic rings. The van der Waals surface area contributed by atoms with Crippen molar-refractivity contribution in [3.63, 3.8) is 0 Å². The van der Waals surface area contributed by atoms with E-state index in [0.29, 0.717) is 4.90 Å². The molecule has 1 aliphatic heterocycles. The third kappa shape index (κ3) is 3.55. The van der Waals surface area contributed by atoms with E-state index < -0.39 is 14.8 Å². The van der Waals surface area contributed by atoms with E-state index in [1.807, 2.05) is 55.5 Å². The van der Waals surface area contributed by atoms with E-state index in [1.165, 1.54) is 0 Å². The van der Waals surface area contributed by atoms with Gasteiger partial charge in [-0.3, -0.25) is 0 Å². The van der Waals surface area contributed by atoms with Crippen LogP contribution in [0.4, 0.5) is 0 Å². The molecule has 2 aromatic carbocycles. The summed E-state index contributed by atoms with van der Waals surface area (Å²) in [4.78, 5) is -0.928. The van der Waals surface area contributed by atoms with Gasteiger partial charge >= 0.3 is 0 Å². The van der Waals surface area contributed by atoms with Crippen molar-refractivity contribution in [3.05, 3.63) is 71.8 Å². The first-order chi connectivity index (χ1) is 12.0. The molecule has 0 radical (unpaired) electrons. The van der Waals surface area contributed by atoms with Crippen molar-refractivity contribution in [3.8, 4) is 0 Å². The average molecular weight is 356 g/mol. The zero-order valence-corrected chi connectivity index (χ0v) is 15.5. The average Bonchev–Trinajstić information content (AvgIpc) is 3.35. The molecule has 0 aliphatic carbocycles. The van der Waals surface area contributed by atoms with Gasteiger partial charge in [-0.2, -0.15) is 0 Å². The van der Waals surface area contributed by atoms with Gasteiger partial charge in [-0.15, -0.1) is 0 Å². The third-order valence-electron chi connectivity index (χ3n) is 4.60. The molecule has 0 N–H and O–H groups in total. The highest BCUT2D eigenvalue weighted by atomic mass is 32.2. The van der Waals surface area contributed by atoms with Gasteiger partial charge in [0.15, 0.2) is 0 Å². The summed E-state index contributed by atoms with van der Waals surface area (Å²) in [6.45, 7) is 4.04. The Kier molecular flexibility index (Phi) is 5.11. The molecular formula is C21H24O3S. The number of sulfone groups is 1. The molecule has 4 heteroatoms.